The molecule has 0 atom stereocenters. The van der Waals surface area contributed by atoms with Crippen LogP contribution in [0.2, 0.25) is 0 Å². The number of hydrogen-bond acceptors (Lipinski definition) is 3. The number of carboxylic acid groups (broad SMARTS) is 1. The minimum Gasteiger partial charge on any atom is -0.493 e. The summed E-state index contributed by atoms with van der Waals surface area (Å²) in [5.74, 6) is -0.109. The van der Waals surface area contributed by atoms with Gasteiger partial charge in [-0.05, 0) is 67.7 Å². The molecule has 1 aliphatic heterocycles. The van der Waals surface area contributed by atoms with Crippen LogP contribution in [0, 0.1) is 0 Å². The van der Waals surface area contributed by atoms with Crippen LogP contribution in [0.15, 0.2) is 42.5 Å². The second-order valence-corrected chi connectivity index (χ2v) is 6.77. The number of hydrogen-bond donors (Lipinski definition) is 1. The van der Waals surface area contributed by atoms with E-state index in [1.54, 1.807) is 18.2 Å². The average Bonchev–Trinajstić information content (AvgIpc) is 2.58. The van der Waals surface area contributed by atoms with Gasteiger partial charge in [0.25, 0.3) is 0 Å². The molecule has 0 saturated carbocycles. The lowest BCUT2D eigenvalue weighted by Crippen LogP contribution is -2.19. The SMILES string of the molecule is CN1CCCCCOc2ccc(C(=O)O)cc2Cc2cccc(c2)C1. The van der Waals surface area contributed by atoms with Crippen LogP contribution < -0.4 is 4.74 Å². The maximum Gasteiger partial charge on any atom is 0.335 e. The van der Waals surface area contributed by atoms with Gasteiger partial charge in [-0.15, -0.1) is 0 Å². The van der Waals surface area contributed by atoms with E-state index in [4.69, 9.17) is 4.74 Å². The number of carbonyl (C=O) groups is 1. The van der Waals surface area contributed by atoms with Crippen LogP contribution in [0.3, 0.4) is 0 Å². The highest BCUT2D eigenvalue weighted by Crippen LogP contribution is 2.25. The first-order valence-corrected chi connectivity index (χ1v) is 8.87. The lowest BCUT2D eigenvalue weighted by molar-refractivity contribution is 0.0696. The summed E-state index contributed by atoms with van der Waals surface area (Å²) in [6.07, 6.45) is 3.98. The standard InChI is InChI=1S/C21H25NO3/c1-22-10-3-2-4-11-25-20-9-8-18(21(23)24)14-19(20)13-16-6-5-7-17(12-16)15-22/h5-9,12,14H,2-4,10-11,13,15H2,1H3,(H,23,24). The Morgan fingerprint density at radius 2 is 1.92 bits per heavy atom. The average molecular weight is 339 g/mol. The summed E-state index contributed by atoms with van der Waals surface area (Å²) in [7, 11) is 2.16. The molecule has 1 heterocycles. The van der Waals surface area contributed by atoms with Crippen LogP contribution in [-0.2, 0) is 13.0 Å². The van der Waals surface area contributed by atoms with E-state index in [0.29, 0.717) is 18.6 Å². The third-order valence-electron chi connectivity index (χ3n) is 4.59. The normalized spacial score (nSPS) is 16.4. The fraction of sp³-hybridized carbons (Fsp3) is 0.381. The van der Waals surface area contributed by atoms with Crippen LogP contribution in [-0.4, -0.2) is 36.2 Å². The number of rotatable bonds is 1. The third-order valence-corrected chi connectivity index (χ3v) is 4.59. The largest absolute Gasteiger partial charge is 0.493 e. The third kappa shape index (κ3) is 4.83. The second-order valence-electron chi connectivity index (χ2n) is 6.77. The molecule has 1 aliphatic rings. The van der Waals surface area contributed by atoms with Crippen molar-refractivity contribution < 1.29 is 14.6 Å². The zero-order valence-electron chi connectivity index (χ0n) is 14.7. The van der Waals surface area contributed by atoms with Gasteiger partial charge in [0.05, 0.1) is 12.2 Å². The Morgan fingerprint density at radius 1 is 1.08 bits per heavy atom. The summed E-state index contributed by atoms with van der Waals surface area (Å²) in [5.41, 5.74) is 3.70. The molecular weight excluding hydrogens is 314 g/mol. The van der Waals surface area contributed by atoms with Gasteiger partial charge in [0, 0.05) is 13.0 Å². The fourth-order valence-electron chi connectivity index (χ4n) is 3.28. The van der Waals surface area contributed by atoms with Gasteiger partial charge in [0.2, 0.25) is 0 Å². The Labute approximate surface area is 149 Å². The zero-order chi connectivity index (χ0) is 17.6. The molecule has 0 saturated heterocycles. The van der Waals surface area contributed by atoms with Crippen molar-refractivity contribution in [3.63, 3.8) is 0 Å². The van der Waals surface area contributed by atoms with E-state index >= 15 is 0 Å². The number of nitrogens with zero attached hydrogens (tertiary/aromatic N) is 1. The van der Waals surface area contributed by atoms with Gasteiger partial charge in [0.15, 0.2) is 0 Å². The van der Waals surface area contributed by atoms with Crippen molar-refractivity contribution in [2.45, 2.75) is 32.2 Å². The molecule has 0 spiro atoms. The molecule has 0 fully saturated rings. The fourth-order valence-corrected chi connectivity index (χ4v) is 3.28. The van der Waals surface area contributed by atoms with Crippen LogP contribution in [0.25, 0.3) is 0 Å². The first-order chi connectivity index (χ1) is 12.1. The Kier molecular flexibility index (Phi) is 5.71. The number of carboxylic acids is 1. The summed E-state index contributed by atoms with van der Waals surface area (Å²) in [6.45, 7) is 2.69. The Hall–Kier alpha value is -2.33. The smallest absolute Gasteiger partial charge is 0.335 e. The van der Waals surface area contributed by atoms with Gasteiger partial charge < -0.3 is 14.7 Å². The number of fused-ring (bicyclic) bond motifs is 3. The summed E-state index contributed by atoms with van der Waals surface area (Å²) in [6, 6.07) is 13.7. The molecule has 2 aromatic rings. The van der Waals surface area contributed by atoms with Gasteiger partial charge in [-0.25, -0.2) is 4.79 Å². The van der Waals surface area contributed by atoms with Crippen LogP contribution in [0.1, 0.15) is 46.3 Å². The monoisotopic (exact) mass is 339 g/mol. The van der Waals surface area contributed by atoms with E-state index in [9.17, 15) is 9.90 Å². The van der Waals surface area contributed by atoms with Crippen molar-refractivity contribution >= 4 is 5.97 Å². The topological polar surface area (TPSA) is 49.8 Å². The van der Waals surface area contributed by atoms with E-state index in [-0.39, 0.29) is 0 Å². The predicted molar refractivity (Wildman–Crippen MR) is 98.3 cm³/mol. The highest BCUT2D eigenvalue weighted by atomic mass is 16.5. The lowest BCUT2D eigenvalue weighted by Gasteiger charge is -2.18. The predicted octanol–water partition coefficient (Wildman–Crippen LogP) is 3.97. The van der Waals surface area contributed by atoms with E-state index in [2.05, 4.69) is 36.2 Å². The van der Waals surface area contributed by atoms with Gasteiger partial charge >= 0.3 is 5.97 Å². The highest BCUT2D eigenvalue weighted by Gasteiger charge is 2.12. The molecule has 4 nitrogen and oxygen atoms in total. The maximum atomic E-state index is 11.3. The van der Waals surface area contributed by atoms with Gasteiger partial charge in [0.1, 0.15) is 5.75 Å². The van der Waals surface area contributed by atoms with Crippen molar-refractivity contribution in [1.82, 2.24) is 4.90 Å². The molecule has 132 valence electrons. The van der Waals surface area contributed by atoms with E-state index in [1.807, 2.05) is 0 Å². The molecule has 4 heteroatoms. The first-order valence-electron chi connectivity index (χ1n) is 8.87. The minimum atomic E-state index is -0.905. The summed E-state index contributed by atoms with van der Waals surface area (Å²) < 4.78 is 5.96. The zero-order valence-corrected chi connectivity index (χ0v) is 14.7. The molecular formula is C21H25NO3. The van der Waals surface area contributed by atoms with Crippen molar-refractivity contribution in [3.05, 3.63) is 64.7 Å². The minimum absolute atomic E-state index is 0.305. The van der Waals surface area contributed by atoms with Crippen molar-refractivity contribution in [2.75, 3.05) is 20.2 Å². The molecule has 0 radical (unpaired) electrons. The Balaban J connectivity index is 1.93. The van der Waals surface area contributed by atoms with E-state index in [1.165, 1.54) is 11.1 Å². The summed E-state index contributed by atoms with van der Waals surface area (Å²) in [5, 5.41) is 9.28. The van der Waals surface area contributed by atoms with Crippen LogP contribution in [0.4, 0.5) is 0 Å². The first kappa shape index (κ1) is 17.5. The molecule has 0 aromatic heterocycles. The van der Waals surface area contributed by atoms with Crippen LogP contribution in [0.5, 0.6) is 5.75 Å². The molecule has 2 bridgehead atoms. The summed E-state index contributed by atoms with van der Waals surface area (Å²) >= 11 is 0. The van der Waals surface area contributed by atoms with Crippen LogP contribution >= 0.6 is 0 Å². The number of aromatic carboxylic acids is 1. The molecule has 0 amide bonds. The second kappa shape index (κ2) is 8.17. The van der Waals surface area contributed by atoms with Crippen molar-refractivity contribution in [1.29, 1.82) is 0 Å². The molecule has 2 aromatic carbocycles. The Morgan fingerprint density at radius 3 is 2.76 bits per heavy atom. The molecule has 1 N–H and O–H groups in total. The van der Waals surface area contributed by atoms with E-state index < -0.39 is 5.97 Å². The summed E-state index contributed by atoms with van der Waals surface area (Å²) in [4.78, 5) is 13.7. The van der Waals surface area contributed by atoms with Crippen molar-refractivity contribution in [2.24, 2.45) is 0 Å². The van der Waals surface area contributed by atoms with Gasteiger partial charge in [-0.3, -0.25) is 0 Å². The highest BCUT2D eigenvalue weighted by molar-refractivity contribution is 5.88. The van der Waals surface area contributed by atoms with Gasteiger partial charge in [-0.1, -0.05) is 24.3 Å². The van der Waals surface area contributed by atoms with E-state index in [0.717, 1.165) is 43.7 Å². The molecule has 0 unspecified atom stereocenters. The lowest BCUT2D eigenvalue weighted by atomic mass is 10.00. The quantitative estimate of drug-likeness (QED) is 0.854. The maximum absolute atomic E-state index is 11.3. The molecule has 0 aliphatic carbocycles. The number of ether oxygens (including phenoxy) is 1. The van der Waals surface area contributed by atoms with Gasteiger partial charge in [-0.2, -0.15) is 0 Å². The molecule has 3 rings (SSSR count). The van der Waals surface area contributed by atoms with Crippen molar-refractivity contribution in [3.8, 4) is 5.75 Å². The number of benzene rings is 2. The Bertz CT molecular complexity index is 742. The molecule has 25 heavy (non-hydrogen) atoms.